The highest BCUT2D eigenvalue weighted by Crippen LogP contribution is 2.31. The molecule has 0 nitrogen and oxygen atoms in total. The third kappa shape index (κ3) is 2.54. The van der Waals surface area contributed by atoms with E-state index in [9.17, 15) is 0 Å². The van der Waals surface area contributed by atoms with Crippen molar-refractivity contribution in [3.8, 4) is 11.1 Å². The van der Waals surface area contributed by atoms with Gasteiger partial charge in [-0.05, 0) is 42.0 Å². The molecular weight excluding hydrogens is 295 g/mol. The third-order valence-corrected chi connectivity index (χ3v) is 3.04. The maximum absolute atomic E-state index is 6.10. The van der Waals surface area contributed by atoms with E-state index >= 15 is 0 Å². The van der Waals surface area contributed by atoms with E-state index in [0.717, 1.165) is 15.6 Å². The first-order valence-electron chi connectivity index (χ1n) is 4.29. The smallest absolute Gasteiger partial charge is 0.0485 e. The molecule has 0 saturated carbocycles. The van der Waals surface area contributed by atoms with Crippen molar-refractivity contribution in [1.82, 2.24) is 0 Å². The molecule has 0 fully saturated rings. The van der Waals surface area contributed by atoms with Gasteiger partial charge in [0.2, 0.25) is 0 Å². The van der Waals surface area contributed by atoms with Crippen LogP contribution in [0, 0.1) is 6.07 Å². The van der Waals surface area contributed by atoms with Crippen molar-refractivity contribution in [2.24, 2.45) is 0 Å². The molecule has 15 heavy (non-hydrogen) atoms. The Morgan fingerprint density at radius 3 is 2.60 bits per heavy atom. The predicted molar refractivity (Wildman–Crippen MR) is 68.4 cm³/mol. The third-order valence-electron chi connectivity index (χ3n) is 1.98. The van der Waals surface area contributed by atoms with Gasteiger partial charge >= 0.3 is 0 Å². The van der Waals surface area contributed by atoms with Crippen molar-refractivity contribution in [2.75, 3.05) is 0 Å². The van der Waals surface area contributed by atoms with Crippen molar-refractivity contribution in [1.29, 1.82) is 0 Å². The Morgan fingerprint density at radius 1 is 1.07 bits per heavy atom. The monoisotopic (exact) mass is 299 g/mol. The number of hydrogen-bond donors (Lipinski definition) is 0. The summed E-state index contributed by atoms with van der Waals surface area (Å²) in [5.74, 6) is 0. The maximum atomic E-state index is 6.10. The average molecular weight is 301 g/mol. The van der Waals surface area contributed by atoms with Gasteiger partial charge in [0.25, 0.3) is 0 Å². The first-order valence-corrected chi connectivity index (χ1v) is 5.84. The highest BCUT2D eigenvalue weighted by molar-refractivity contribution is 9.10. The van der Waals surface area contributed by atoms with Gasteiger partial charge in [0.05, 0.1) is 0 Å². The van der Waals surface area contributed by atoms with Crippen LogP contribution < -0.4 is 0 Å². The number of hydrogen-bond acceptors (Lipinski definition) is 0. The Bertz CT molecular complexity index is 495. The second kappa shape index (κ2) is 4.56. The zero-order valence-electron chi connectivity index (χ0n) is 7.60. The average Bonchev–Trinajstić information content (AvgIpc) is 2.22. The predicted octanol–water partition coefficient (Wildman–Crippen LogP) is 5.22. The molecule has 75 valence electrons. The normalized spacial score (nSPS) is 10.3. The summed E-state index contributed by atoms with van der Waals surface area (Å²) in [4.78, 5) is 0. The minimum atomic E-state index is 0.680. The Kier molecular flexibility index (Phi) is 3.35. The summed E-state index contributed by atoms with van der Waals surface area (Å²) in [5, 5.41) is 1.37. The molecule has 0 aliphatic rings. The molecule has 1 radical (unpaired) electrons. The van der Waals surface area contributed by atoms with Gasteiger partial charge in [-0.2, -0.15) is 0 Å². The van der Waals surface area contributed by atoms with Crippen molar-refractivity contribution >= 4 is 39.1 Å². The Labute approximate surface area is 107 Å². The molecule has 0 aromatic heterocycles. The lowest BCUT2D eigenvalue weighted by atomic mass is 10.1. The van der Waals surface area contributed by atoms with Crippen LogP contribution >= 0.6 is 39.1 Å². The lowest BCUT2D eigenvalue weighted by Crippen LogP contribution is -1.80. The van der Waals surface area contributed by atoms with Gasteiger partial charge in [0.15, 0.2) is 0 Å². The largest absolute Gasteiger partial charge is 0.0843 e. The van der Waals surface area contributed by atoms with E-state index in [2.05, 4.69) is 22.0 Å². The van der Waals surface area contributed by atoms with Crippen molar-refractivity contribution in [3.05, 3.63) is 57.0 Å². The summed E-state index contributed by atoms with van der Waals surface area (Å²) >= 11 is 15.4. The van der Waals surface area contributed by atoms with Crippen LogP contribution in [-0.2, 0) is 0 Å². The van der Waals surface area contributed by atoms with E-state index in [4.69, 9.17) is 23.2 Å². The SMILES string of the molecule is Clc1cc[c]c(-c2cc(Br)ccc2Cl)c1. The fourth-order valence-corrected chi connectivity index (χ4v) is 2.05. The summed E-state index contributed by atoms with van der Waals surface area (Å²) in [6, 6.07) is 14.2. The summed E-state index contributed by atoms with van der Waals surface area (Å²) in [6.45, 7) is 0. The van der Waals surface area contributed by atoms with Crippen LogP contribution in [0.25, 0.3) is 11.1 Å². The standard InChI is InChI=1S/C12H6BrCl2/c13-9-4-5-12(15)11(7-9)8-2-1-3-10(14)6-8/h1,3-7H. The van der Waals surface area contributed by atoms with Gasteiger partial charge in [0.1, 0.15) is 0 Å². The molecular formula is C12H6BrCl2. The van der Waals surface area contributed by atoms with Crippen LogP contribution in [-0.4, -0.2) is 0 Å². The number of halogens is 3. The van der Waals surface area contributed by atoms with Gasteiger partial charge in [-0.1, -0.05) is 45.2 Å². The molecule has 0 amide bonds. The van der Waals surface area contributed by atoms with E-state index in [1.165, 1.54) is 0 Å². The molecule has 0 aliphatic heterocycles. The Balaban J connectivity index is 2.58. The van der Waals surface area contributed by atoms with Crippen LogP contribution in [0.3, 0.4) is 0 Å². The summed E-state index contributed by atoms with van der Waals surface area (Å²) in [6.07, 6.45) is 0. The molecule has 3 heteroatoms. The van der Waals surface area contributed by atoms with E-state index in [-0.39, 0.29) is 0 Å². The van der Waals surface area contributed by atoms with Crippen molar-refractivity contribution < 1.29 is 0 Å². The lowest BCUT2D eigenvalue weighted by molar-refractivity contribution is 1.58. The molecule has 0 unspecified atom stereocenters. The topological polar surface area (TPSA) is 0 Å². The minimum Gasteiger partial charge on any atom is -0.0843 e. The second-order valence-electron chi connectivity index (χ2n) is 3.04. The number of rotatable bonds is 1. The fraction of sp³-hybridized carbons (Fsp3) is 0. The quantitative estimate of drug-likeness (QED) is 0.677. The molecule has 0 N–H and O–H groups in total. The van der Waals surface area contributed by atoms with E-state index in [1.807, 2.05) is 24.3 Å². The molecule has 0 aliphatic carbocycles. The lowest BCUT2D eigenvalue weighted by Gasteiger charge is -2.05. The Morgan fingerprint density at radius 2 is 1.87 bits per heavy atom. The highest BCUT2D eigenvalue weighted by atomic mass is 79.9. The fourth-order valence-electron chi connectivity index (χ4n) is 1.30. The van der Waals surface area contributed by atoms with Gasteiger partial charge in [-0.3, -0.25) is 0 Å². The minimum absolute atomic E-state index is 0.680. The molecule has 0 saturated heterocycles. The van der Waals surface area contributed by atoms with Crippen LogP contribution in [0.1, 0.15) is 0 Å². The molecule has 0 heterocycles. The molecule has 2 rings (SSSR count). The summed E-state index contributed by atoms with van der Waals surface area (Å²) in [7, 11) is 0. The van der Waals surface area contributed by atoms with Crippen LogP contribution in [0.4, 0.5) is 0 Å². The molecule has 0 spiro atoms. The second-order valence-corrected chi connectivity index (χ2v) is 4.80. The maximum Gasteiger partial charge on any atom is 0.0485 e. The number of benzene rings is 2. The zero-order chi connectivity index (χ0) is 10.8. The van der Waals surface area contributed by atoms with E-state index < -0.39 is 0 Å². The van der Waals surface area contributed by atoms with Crippen LogP contribution in [0.2, 0.25) is 10.0 Å². The Hall–Kier alpha value is -0.500. The van der Waals surface area contributed by atoms with Crippen LogP contribution in [0.5, 0.6) is 0 Å². The van der Waals surface area contributed by atoms with Gasteiger partial charge in [0, 0.05) is 20.1 Å². The van der Waals surface area contributed by atoms with Gasteiger partial charge < -0.3 is 0 Å². The molecule has 2 aromatic rings. The zero-order valence-corrected chi connectivity index (χ0v) is 10.7. The first-order chi connectivity index (χ1) is 7.16. The first kappa shape index (κ1) is 11.0. The molecule has 0 atom stereocenters. The van der Waals surface area contributed by atoms with Crippen molar-refractivity contribution in [3.63, 3.8) is 0 Å². The van der Waals surface area contributed by atoms with Crippen LogP contribution in [0.15, 0.2) is 40.9 Å². The van der Waals surface area contributed by atoms with Gasteiger partial charge in [-0.15, -0.1) is 0 Å². The van der Waals surface area contributed by atoms with E-state index in [0.29, 0.717) is 10.0 Å². The van der Waals surface area contributed by atoms with Crippen molar-refractivity contribution in [2.45, 2.75) is 0 Å². The summed E-state index contributed by atoms with van der Waals surface area (Å²) in [5.41, 5.74) is 1.82. The molecule has 2 aromatic carbocycles. The summed E-state index contributed by atoms with van der Waals surface area (Å²) < 4.78 is 0.982. The van der Waals surface area contributed by atoms with Gasteiger partial charge in [-0.25, -0.2) is 0 Å². The molecule has 0 bridgehead atoms. The highest BCUT2D eigenvalue weighted by Gasteiger charge is 2.04. The van der Waals surface area contributed by atoms with E-state index in [1.54, 1.807) is 12.1 Å².